The summed E-state index contributed by atoms with van der Waals surface area (Å²) >= 11 is 0. The third-order valence-corrected chi connectivity index (χ3v) is 3.28. The highest BCUT2D eigenvalue weighted by molar-refractivity contribution is 5.69. The number of hydrogen-bond donors (Lipinski definition) is 0. The lowest BCUT2D eigenvalue weighted by atomic mass is 9.93. The fourth-order valence-electron chi connectivity index (χ4n) is 2.01. The lowest BCUT2D eigenvalue weighted by molar-refractivity contribution is -0.140. The average Bonchev–Trinajstić information content (AvgIpc) is 2.32. The zero-order valence-corrected chi connectivity index (χ0v) is 11.3. The molecular formula is C14H28O2. The maximum absolute atomic E-state index is 11.0. The molecule has 0 aliphatic rings. The quantitative estimate of drug-likeness (QED) is 0.411. The van der Waals surface area contributed by atoms with Gasteiger partial charge >= 0.3 is 5.97 Å². The van der Waals surface area contributed by atoms with Crippen LogP contribution in [0.4, 0.5) is 0 Å². The van der Waals surface area contributed by atoms with E-state index in [1.807, 2.05) is 0 Å². The second kappa shape index (κ2) is 11.0. The van der Waals surface area contributed by atoms with Crippen LogP contribution in [0.3, 0.4) is 0 Å². The largest absolute Gasteiger partial charge is 0.469 e. The van der Waals surface area contributed by atoms with Crippen LogP contribution in [-0.2, 0) is 9.53 Å². The van der Waals surface area contributed by atoms with Crippen LogP contribution in [0.2, 0.25) is 0 Å². The minimum absolute atomic E-state index is 0.0653. The Balaban J connectivity index is 3.47. The van der Waals surface area contributed by atoms with Gasteiger partial charge in [0, 0.05) is 6.42 Å². The lowest BCUT2D eigenvalue weighted by Gasteiger charge is -2.13. The molecule has 0 aliphatic heterocycles. The van der Waals surface area contributed by atoms with Gasteiger partial charge in [-0.25, -0.2) is 0 Å². The second-order valence-electron chi connectivity index (χ2n) is 4.59. The Labute approximate surface area is 101 Å². The first kappa shape index (κ1) is 15.5. The van der Waals surface area contributed by atoms with E-state index in [1.165, 1.54) is 52.1 Å². The summed E-state index contributed by atoms with van der Waals surface area (Å²) in [6.45, 7) is 4.46. The number of carbonyl (C=O) groups is 1. The standard InChI is InChI=1S/C14H28O2/c1-4-6-7-8-9-10-13(5-2)11-12-14(15)16-3/h13H,4-12H2,1-3H3. The first-order valence-corrected chi connectivity index (χ1v) is 6.81. The van der Waals surface area contributed by atoms with Gasteiger partial charge < -0.3 is 4.74 Å². The second-order valence-corrected chi connectivity index (χ2v) is 4.59. The van der Waals surface area contributed by atoms with Crippen LogP contribution in [0.5, 0.6) is 0 Å². The summed E-state index contributed by atoms with van der Waals surface area (Å²) in [6, 6.07) is 0. The highest BCUT2D eigenvalue weighted by Gasteiger charge is 2.09. The van der Waals surface area contributed by atoms with Gasteiger partial charge in [-0.05, 0) is 12.3 Å². The number of rotatable bonds is 10. The molecule has 0 rings (SSSR count). The van der Waals surface area contributed by atoms with Crippen LogP contribution in [0.1, 0.15) is 71.6 Å². The van der Waals surface area contributed by atoms with Gasteiger partial charge in [-0.3, -0.25) is 4.79 Å². The first-order chi connectivity index (χ1) is 7.74. The third-order valence-electron chi connectivity index (χ3n) is 3.28. The van der Waals surface area contributed by atoms with Crippen LogP contribution >= 0.6 is 0 Å². The Bertz CT molecular complexity index is 166. The summed E-state index contributed by atoms with van der Waals surface area (Å²) in [7, 11) is 1.47. The summed E-state index contributed by atoms with van der Waals surface area (Å²) < 4.78 is 4.66. The van der Waals surface area contributed by atoms with E-state index in [9.17, 15) is 4.79 Å². The summed E-state index contributed by atoms with van der Waals surface area (Å²) in [5, 5.41) is 0. The molecule has 0 radical (unpaired) electrons. The molecule has 96 valence electrons. The van der Waals surface area contributed by atoms with Crippen molar-refractivity contribution in [3.05, 3.63) is 0 Å². The van der Waals surface area contributed by atoms with Gasteiger partial charge in [-0.2, -0.15) is 0 Å². The Hall–Kier alpha value is -0.530. The molecule has 1 unspecified atom stereocenters. The van der Waals surface area contributed by atoms with E-state index in [0.717, 1.165) is 6.42 Å². The molecular weight excluding hydrogens is 200 g/mol. The number of esters is 1. The van der Waals surface area contributed by atoms with Crippen LogP contribution in [-0.4, -0.2) is 13.1 Å². The van der Waals surface area contributed by atoms with Gasteiger partial charge in [0.1, 0.15) is 0 Å². The van der Waals surface area contributed by atoms with E-state index in [4.69, 9.17) is 0 Å². The molecule has 0 aromatic heterocycles. The number of carbonyl (C=O) groups excluding carboxylic acids is 1. The predicted octanol–water partition coefficient (Wildman–Crippen LogP) is 4.33. The lowest BCUT2D eigenvalue weighted by Crippen LogP contribution is -2.05. The smallest absolute Gasteiger partial charge is 0.305 e. The summed E-state index contributed by atoms with van der Waals surface area (Å²) in [5.74, 6) is 0.644. The predicted molar refractivity (Wildman–Crippen MR) is 68.4 cm³/mol. The van der Waals surface area contributed by atoms with E-state index in [2.05, 4.69) is 18.6 Å². The fraction of sp³-hybridized carbons (Fsp3) is 0.929. The van der Waals surface area contributed by atoms with E-state index in [0.29, 0.717) is 12.3 Å². The van der Waals surface area contributed by atoms with Crippen LogP contribution in [0.15, 0.2) is 0 Å². The summed E-state index contributed by atoms with van der Waals surface area (Å²) in [5.41, 5.74) is 0. The van der Waals surface area contributed by atoms with Crippen molar-refractivity contribution in [3.63, 3.8) is 0 Å². The monoisotopic (exact) mass is 228 g/mol. The van der Waals surface area contributed by atoms with Gasteiger partial charge in [-0.15, -0.1) is 0 Å². The van der Waals surface area contributed by atoms with Crippen molar-refractivity contribution < 1.29 is 9.53 Å². The maximum atomic E-state index is 11.0. The number of unbranched alkanes of at least 4 members (excludes halogenated alkanes) is 4. The SMILES string of the molecule is CCCCCCCC(CC)CCC(=O)OC. The van der Waals surface area contributed by atoms with Gasteiger partial charge in [0.15, 0.2) is 0 Å². The van der Waals surface area contributed by atoms with Crippen molar-refractivity contribution >= 4 is 5.97 Å². The molecule has 0 heterocycles. The van der Waals surface area contributed by atoms with Gasteiger partial charge in [-0.1, -0.05) is 58.8 Å². The normalized spacial score (nSPS) is 12.4. The molecule has 0 spiro atoms. The molecule has 0 N–H and O–H groups in total. The third kappa shape index (κ3) is 8.75. The molecule has 0 aromatic rings. The molecule has 2 heteroatoms. The molecule has 0 saturated carbocycles. The number of methoxy groups -OCH3 is 1. The van der Waals surface area contributed by atoms with Crippen LogP contribution in [0.25, 0.3) is 0 Å². The molecule has 0 amide bonds. The van der Waals surface area contributed by atoms with Crippen LogP contribution < -0.4 is 0 Å². The van der Waals surface area contributed by atoms with E-state index < -0.39 is 0 Å². The van der Waals surface area contributed by atoms with E-state index in [1.54, 1.807) is 0 Å². The maximum Gasteiger partial charge on any atom is 0.305 e. The first-order valence-electron chi connectivity index (χ1n) is 6.81. The van der Waals surface area contributed by atoms with Crippen molar-refractivity contribution in [2.45, 2.75) is 71.6 Å². The molecule has 16 heavy (non-hydrogen) atoms. The Morgan fingerprint density at radius 2 is 1.75 bits per heavy atom. The van der Waals surface area contributed by atoms with Crippen molar-refractivity contribution in [3.8, 4) is 0 Å². The molecule has 0 saturated heterocycles. The summed E-state index contributed by atoms with van der Waals surface area (Å²) in [6.07, 6.45) is 10.7. The Morgan fingerprint density at radius 3 is 2.31 bits per heavy atom. The minimum Gasteiger partial charge on any atom is -0.469 e. The molecule has 0 aromatic carbocycles. The molecule has 0 bridgehead atoms. The highest BCUT2D eigenvalue weighted by Crippen LogP contribution is 2.19. The molecule has 2 nitrogen and oxygen atoms in total. The van der Waals surface area contributed by atoms with Crippen LogP contribution in [0, 0.1) is 5.92 Å². The molecule has 0 fully saturated rings. The summed E-state index contributed by atoms with van der Waals surface area (Å²) in [4.78, 5) is 11.0. The van der Waals surface area contributed by atoms with Crippen molar-refractivity contribution in [2.24, 2.45) is 5.92 Å². The Morgan fingerprint density at radius 1 is 1.06 bits per heavy atom. The minimum atomic E-state index is -0.0653. The molecule has 1 atom stereocenters. The van der Waals surface area contributed by atoms with Gasteiger partial charge in [0.25, 0.3) is 0 Å². The van der Waals surface area contributed by atoms with Gasteiger partial charge in [0.2, 0.25) is 0 Å². The highest BCUT2D eigenvalue weighted by atomic mass is 16.5. The fourth-order valence-corrected chi connectivity index (χ4v) is 2.01. The number of ether oxygens (including phenoxy) is 1. The number of hydrogen-bond acceptors (Lipinski definition) is 2. The average molecular weight is 228 g/mol. The van der Waals surface area contributed by atoms with Crippen molar-refractivity contribution in [2.75, 3.05) is 7.11 Å². The van der Waals surface area contributed by atoms with E-state index >= 15 is 0 Å². The van der Waals surface area contributed by atoms with E-state index in [-0.39, 0.29) is 5.97 Å². The zero-order valence-electron chi connectivity index (χ0n) is 11.3. The Kier molecular flexibility index (Phi) is 10.6. The zero-order chi connectivity index (χ0) is 12.2. The molecule has 0 aliphatic carbocycles. The van der Waals surface area contributed by atoms with Gasteiger partial charge in [0.05, 0.1) is 7.11 Å². The topological polar surface area (TPSA) is 26.3 Å². The van der Waals surface area contributed by atoms with Crippen molar-refractivity contribution in [1.29, 1.82) is 0 Å². The van der Waals surface area contributed by atoms with Crippen molar-refractivity contribution in [1.82, 2.24) is 0 Å².